The minimum Gasteiger partial charge on any atom is -0.399 e. The summed E-state index contributed by atoms with van der Waals surface area (Å²) in [4.78, 5) is 13.7. The van der Waals surface area contributed by atoms with Gasteiger partial charge in [-0.3, -0.25) is 4.79 Å². The van der Waals surface area contributed by atoms with Crippen LogP contribution in [0.5, 0.6) is 0 Å². The first kappa shape index (κ1) is 20.2. The van der Waals surface area contributed by atoms with Gasteiger partial charge in [-0.1, -0.05) is 6.07 Å². The van der Waals surface area contributed by atoms with E-state index >= 15 is 0 Å². The molecule has 2 fully saturated rings. The van der Waals surface area contributed by atoms with Crippen molar-refractivity contribution in [1.29, 1.82) is 0 Å². The van der Waals surface area contributed by atoms with E-state index in [0.717, 1.165) is 4.90 Å². The van der Waals surface area contributed by atoms with Crippen molar-refractivity contribution < 1.29 is 27.3 Å². The van der Waals surface area contributed by atoms with Crippen LogP contribution < -0.4 is 5.46 Å². The third kappa shape index (κ3) is 3.74. The third-order valence-corrected chi connectivity index (χ3v) is 5.73. The molecule has 2 aliphatic heterocycles. The highest BCUT2D eigenvalue weighted by molar-refractivity contribution is 6.62. The van der Waals surface area contributed by atoms with Crippen molar-refractivity contribution in [3.63, 3.8) is 0 Å². The monoisotopic (exact) mass is 383 g/mol. The van der Waals surface area contributed by atoms with Crippen LogP contribution in [-0.2, 0) is 9.31 Å². The highest BCUT2D eigenvalue weighted by Gasteiger charge is 2.52. The molecule has 1 aromatic carbocycles. The molecular formula is C19H25BF3NO3. The lowest BCUT2D eigenvalue weighted by atomic mass is 9.77. The second kappa shape index (κ2) is 6.52. The Morgan fingerprint density at radius 2 is 1.74 bits per heavy atom. The third-order valence-electron chi connectivity index (χ3n) is 5.73. The summed E-state index contributed by atoms with van der Waals surface area (Å²) in [6.45, 7) is 8.69. The minimum atomic E-state index is -2.93. The standard InChI is InChI=1S/C19H25BF3NO3/c1-12-9-13(20-26-17(2,3)18(4,5)27-20)10-14(21)15(12)16(25)24-8-6-7-19(22,23)11-24/h9-10H,6-8,11H2,1-5H3. The van der Waals surface area contributed by atoms with E-state index < -0.39 is 42.5 Å². The number of likely N-dealkylation sites (tertiary alicyclic amines) is 1. The summed E-state index contributed by atoms with van der Waals surface area (Å²) < 4.78 is 53.9. The van der Waals surface area contributed by atoms with Crippen molar-refractivity contribution in [2.24, 2.45) is 0 Å². The Morgan fingerprint density at radius 3 is 2.26 bits per heavy atom. The minimum absolute atomic E-state index is 0.173. The smallest absolute Gasteiger partial charge is 0.399 e. The highest BCUT2D eigenvalue weighted by Crippen LogP contribution is 2.36. The van der Waals surface area contributed by atoms with Gasteiger partial charge < -0.3 is 14.2 Å². The SMILES string of the molecule is Cc1cc(B2OC(C)(C)C(C)(C)O2)cc(F)c1C(=O)N1CCCC(F)(F)C1. The summed E-state index contributed by atoms with van der Waals surface area (Å²) >= 11 is 0. The van der Waals surface area contributed by atoms with Crippen LogP contribution in [0.1, 0.15) is 56.5 Å². The van der Waals surface area contributed by atoms with Crippen LogP contribution in [0, 0.1) is 12.7 Å². The summed E-state index contributed by atoms with van der Waals surface area (Å²) in [6.07, 6.45) is -0.0511. The van der Waals surface area contributed by atoms with Crippen molar-refractivity contribution in [3.8, 4) is 0 Å². The molecule has 2 heterocycles. The van der Waals surface area contributed by atoms with Crippen molar-refractivity contribution in [2.45, 2.75) is 64.6 Å². The van der Waals surface area contributed by atoms with Crippen LogP contribution in [0.15, 0.2) is 12.1 Å². The van der Waals surface area contributed by atoms with E-state index in [0.29, 0.717) is 11.0 Å². The van der Waals surface area contributed by atoms with Gasteiger partial charge in [0.25, 0.3) is 11.8 Å². The second-order valence-corrected chi connectivity index (χ2v) is 8.47. The Labute approximate surface area is 158 Å². The molecule has 2 aliphatic rings. The molecular weight excluding hydrogens is 358 g/mol. The number of carbonyl (C=O) groups is 1. The molecule has 3 rings (SSSR count). The molecule has 27 heavy (non-hydrogen) atoms. The van der Waals surface area contributed by atoms with Crippen LogP contribution in [0.25, 0.3) is 0 Å². The predicted octanol–water partition coefficient (Wildman–Crippen LogP) is 3.30. The van der Waals surface area contributed by atoms with E-state index in [1.165, 1.54) is 6.07 Å². The molecule has 0 spiro atoms. The van der Waals surface area contributed by atoms with Crippen LogP contribution in [0.4, 0.5) is 13.2 Å². The van der Waals surface area contributed by atoms with E-state index in [-0.39, 0.29) is 24.9 Å². The van der Waals surface area contributed by atoms with Gasteiger partial charge in [-0.15, -0.1) is 0 Å². The quantitative estimate of drug-likeness (QED) is 0.736. The number of aryl methyl sites for hydroxylation is 1. The fourth-order valence-corrected chi connectivity index (χ4v) is 3.45. The zero-order valence-corrected chi connectivity index (χ0v) is 16.4. The van der Waals surface area contributed by atoms with Crippen LogP contribution in [0.2, 0.25) is 0 Å². The Kier molecular flexibility index (Phi) is 4.88. The Morgan fingerprint density at radius 1 is 1.15 bits per heavy atom. The van der Waals surface area contributed by atoms with Gasteiger partial charge in [0.2, 0.25) is 0 Å². The predicted molar refractivity (Wildman–Crippen MR) is 96.9 cm³/mol. The van der Waals surface area contributed by atoms with Gasteiger partial charge in [0.05, 0.1) is 23.3 Å². The number of rotatable bonds is 2. The maximum Gasteiger partial charge on any atom is 0.494 e. The van der Waals surface area contributed by atoms with E-state index in [1.54, 1.807) is 13.0 Å². The number of alkyl halides is 2. The summed E-state index contributed by atoms with van der Waals surface area (Å²) in [5.74, 6) is -4.38. The molecule has 0 unspecified atom stereocenters. The fraction of sp³-hybridized carbons (Fsp3) is 0.632. The van der Waals surface area contributed by atoms with Gasteiger partial charge in [-0.05, 0) is 58.1 Å². The molecule has 0 atom stereocenters. The molecule has 8 heteroatoms. The van der Waals surface area contributed by atoms with Gasteiger partial charge in [-0.25, -0.2) is 13.2 Å². The molecule has 148 valence electrons. The molecule has 1 aromatic rings. The lowest BCUT2D eigenvalue weighted by Gasteiger charge is -2.33. The van der Waals surface area contributed by atoms with E-state index in [2.05, 4.69) is 0 Å². The van der Waals surface area contributed by atoms with Crippen molar-refractivity contribution in [1.82, 2.24) is 4.90 Å². The van der Waals surface area contributed by atoms with Crippen LogP contribution in [-0.4, -0.2) is 48.1 Å². The van der Waals surface area contributed by atoms with Crippen molar-refractivity contribution in [3.05, 3.63) is 29.1 Å². The maximum absolute atomic E-state index is 14.8. The molecule has 0 bridgehead atoms. The summed E-state index contributed by atoms with van der Waals surface area (Å²) in [5.41, 5.74) is -0.484. The maximum atomic E-state index is 14.8. The first-order chi connectivity index (χ1) is 12.3. The molecule has 1 amide bonds. The van der Waals surface area contributed by atoms with Crippen LogP contribution >= 0.6 is 0 Å². The Balaban J connectivity index is 1.87. The number of carbonyl (C=O) groups excluding carboxylic acids is 1. The van der Waals surface area contributed by atoms with Gasteiger partial charge in [0, 0.05) is 13.0 Å². The summed E-state index contributed by atoms with van der Waals surface area (Å²) in [5, 5.41) is 0. The molecule has 0 saturated carbocycles. The average Bonchev–Trinajstić information content (AvgIpc) is 2.73. The molecule has 0 N–H and O–H groups in total. The Hall–Kier alpha value is -1.54. The summed E-state index contributed by atoms with van der Waals surface area (Å²) in [7, 11) is -0.758. The number of hydrogen-bond donors (Lipinski definition) is 0. The zero-order chi connectivity index (χ0) is 20.2. The lowest BCUT2D eigenvalue weighted by Crippen LogP contribution is -2.46. The van der Waals surface area contributed by atoms with Crippen molar-refractivity contribution in [2.75, 3.05) is 13.1 Å². The number of benzene rings is 1. The van der Waals surface area contributed by atoms with E-state index in [4.69, 9.17) is 9.31 Å². The molecule has 0 aromatic heterocycles. The summed E-state index contributed by atoms with van der Waals surface area (Å²) in [6, 6.07) is 2.82. The van der Waals surface area contributed by atoms with Crippen LogP contribution in [0.3, 0.4) is 0 Å². The van der Waals surface area contributed by atoms with Crippen molar-refractivity contribution >= 4 is 18.5 Å². The number of piperidine rings is 1. The number of halogens is 3. The largest absolute Gasteiger partial charge is 0.494 e. The van der Waals surface area contributed by atoms with Gasteiger partial charge in [0.15, 0.2) is 0 Å². The Bertz CT molecular complexity index is 728. The molecule has 4 nitrogen and oxygen atoms in total. The lowest BCUT2D eigenvalue weighted by molar-refractivity contribution is -0.0561. The highest BCUT2D eigenvalue weighted by atomic mass is 19.3. The molecule has 0 radical (unpaired) electrons. The number of amides is 1. The van der Waals surface area contributed by atoms with E-state index in [1.807, 2.05) is 27.7 Å². The number of hydrogen-bond acceptors (Lipinski definition) is 3. The number of nitrogens with zero attached hydrogens (tertiary/aromatic N) is 1. The molecule has 0 aliphatic carbocycles. The van der Waals surface area contributed by atoms with Gasteiger partial charge in [-0.2, -0.15) is 0 Å². The normalized spacial score (nSPS) is 23.6. The fourth-order valence-electron chi connectivity index (χ4n) is 3.45. The van der Waals surface area contributed by atoms with E-state index in [9.17, 15) is 18.0 Å². The first-order valence-corrected chi connectivity index (χ1v) is 9.16. The molecule has 2 saturated heterocycles. The van der Waals surface area contributed by atoms with Gasteiger partial charge in [0.1, 0.15) is 5.82 Å². The second-order valence-electron chi connectivity index (χ2n) is 8.47. The zero-order valence-electron chi connectivity index (χ0n) is 16.4. The van der Waals surface area contributed by atoms with Gasteiger partial charge >= 0.3 is 7.12 Å². The average molecular weight is 383 g/mol. The first-order valence-electron chi connectivity index (χ1n) is 9.16. The topological polar surface area (TPSA) is 38.8 Å².